The Kier molecular flexibility index (Phi) is 12.1. The van der Waals surface area contributed by atoms with Gasteiger partial charge in [0, 0.05) is 18.9 Å². The lowest BCUT2D eigenvalue weighted by molar-refractivity contribution is -0.131. The zero-order valence-electron chi connectivity index (χ0n) is 8.38. The maximum absolute atomic E-state index is 10.6. The molecule has 0 amide bonds. The predicted octanol–water partition coefficient (Wildman–Crippen LogP) is 2.41. The first kappa shape index (κ1) is 14.4. The van der Waals surface area contributed by atoms with Crippen molar-refractivity contribution in [2.24, 2.45) is 0 Å². The van der Waals surface area contributed by atoms with Crippen LogP contribution in [-0.2, 0) is 9.59 Å². The van der Waals surface area contributed by atoms with E-state index in [2.05, 4.69) is 6.58 Å². The van der Waals surface area contributed by atoms with Gasteiger partial charge in [-0.25, -0.2) is 4.79 Å². The second-order valence-electron chi connectivity index (χ2n) is 2.58. The highest BCUT2D eigenvalue weighted by Crippen LogP contribution is 1.95. The fourth-order valence-corrected chi connectivity index (χ4v) is 0.683. The van der Waals surface area contributed by atoms with Crippen molar-refractivity contribution in [3.05, 3.63) is 12.7 Å². The van der Waals surface area contributed by atoms with Gasteiger partial charge in [0.25, 0.3) is 0 Å². The Morgan fingerprint density at radius 3 is 1.69 bits per heavy atom. The number of hydrogen-bond acceptors (Lipinski definition) is 2. The van der Waals surface area contributed by atoms with Crippen LogP contribution in [0.5, 0.6) is 0 Å². The van der Waals surface area contributed by atoms with E-state index in [1.807, 2.05) is 13.8 Å². The molecule has 0 saturated carbocycles. The minimum atomic E-state index is -0.981. The van der Waals surface area contributed by atoms with E-state index >= 15 is 0 Å². The molecule has 3 heteroatoms. The maximum Gasteiger partial charge on any atom is 0.327 e. The summed E-state index contributed by atoms with van der Waals surface area (Å²) >= 11 is 0. The largest absolute Gasteiger partial charge is 0.478 e. The van der Waals surface area contributed by atoms with Crippen LogP contribution in [0.2, 0.25) is 0 Å². The van der Waals surface area contributed by atoms with Crippen LogP contribution in [-0.4, -0.2) is 16.9 Å². The number of carboxylic acid groups (broad SMARTS) is 1. The molecule has 0 bridgehead atoms. The molecule has 0 aliphatic carbocycles. The van der Waals surface area contributed by atoms with Crippen LogP contribution in [0.3, 0.4) is 0 Å². The van der Waals surface area contributed by atoms with Crippen molar-refractivity contribution < 1.29 is 14.7 Å². The summed E-state index contributed by atoms with van der Waals surface area (Å²) in [7, 11) is 0. The molecule has 0 aliphatic rings. The van der Waals surface area contributed by atoms with Crippen LogP contribution in [0.15, 0.2) is 12.7 Å². The molecule has 0 fully saturated rings. The summed E-state index contributed by atoms with van der Waals surface area (Å²) in [5, 5.41) is 7.60. The van der Waals surface area contributed by atoms with E-state index in [0.717, 1.165) is 31.8 Å². The van der Waals surface area contributed by atoms with E-state index in [4.69, 9.17) is 5.11 Å². The Morgan fingerprint density at radius 1 is 1.23 bits per heavy atom. The van der Waals surface area contributed by atoms with E-state index in [-0.39, 0.29) is 0 Å². The van der Waals surface area contributed by atoms with Crippen molar-refractivity contribution in [2.45, 2.75) is 39.5 Å². The molecule has 0 aromatic rings. The van der Waals surface area contributed by atoms with Gasteiger partial charge in [-0.15, -0.1) is 0 Å². The zero-order chi connectivity index (χ0) is 10.7. The fraction of sp³-hybridized carbons (Fsp3) is 0.600. The van der Waals surface area contributed by atoms with Gasteiger partial charge in [-0.2, -0.15) is 0 Å². The average Bonchev–Trinajstić information content (AvgIpc) is 2.06. The summed E-state index contributed by atoms with van der Waals surface area (Å²) in [5.74, 6) is -0.569. The number of aliphatic carboxylic acids is 1. The summed E-state index contributed by atoms with van der Waals surface area (Å²) in [6.07, 6.45) is 4.37. The molecule has 0 rings (SSSR count). The molecule has 0 aliphatic heterocycles. The standard InChI is InChI=1S/C7H14O.C3H4O2/c1-3-5-7(8)6-4-2;1-2-3(4)5/h3-6H2,1-2H3;2H,1H2,(H,4,5). The second-order valence-corrected chi connectivity index (χ2v) is 2.58. The van der Waals surface area contributed by atoms with Gasteiger partial charge in [0.2, 0.25) is 0 Å². The van der Waals surface area contributed by atoms with Crippen molar-refractivity contribution in [1.29, 1.82) is 0 Å². The van der Waals surface area contributed by atoms with Crippen molar-refractivity contribution in [2.75, 3.05) is 0 Å². The molecule has 0 radical (unpaired) electrons. The van der Waals surface area contributed by atoms with Crippen LogP contribution in [0.1, 0.15) is 39.5 Å². The van der Waals surface area contributed by atoms with E-state index in [1.54, 1.807) is 0 Å². The molecule has 13 heavy (non-hydrogen) atoms. The van der Waals surface area contributed by atoms with E-state index < -0.39 is 5.97 Å². The third-order valence-electron chi connectivity index (χ3n) is 1.23. The monoisotopic (exact) mass is 186 g/mol. The number of hydrogen-bond donors (Lipinski definition) is 1. The van der Waals surface area contributed by atoms with Gasteiger partial charge >= 0.3 is 5.97 Å². The third-order valence-corrected chi connectivity index (χ3v) is 1.23. The van der Waals surface area contributed by atoms with Gasteiger partial charge in [-0.1, -0.05) is 20.4 Å². The van der Waals surface area contributed by atoms with Crippen molar-refractivity contribution in [3.63, 3.8) is 0 Å². The molecule has 0 saturated heterocycles. The molecule has 0 aromatic carbocycles. The number of ketones is 1. The molecule has 3 nitrogen and oxygen atoms in total. The lowest BCUT2D eigenvalue weighted by atomic mass is 10.1. The first-order valence-corrected chi connectivity index (χ1v) is 4.45. The number of Topliss-reactive ketones (excluding diaryl/α,β-unsaturated/α-hetero) is 1. The van der Waals surface area contributed by atoms with Crippen molar-refractivity contribution in [3.8, 4) is 0 Å². The molecule has 0 heterocycles. The van der Waals surface area contributed by atoms with E-state index in [0.29, 0.717) is 5.78 Å². The summed E-state index contributed by atoms with van der Waals surface area (Å²) in [6, 6.07) is 0. The van der Waals surface area contributed by atoms with Crippen LogP contribution in [0.4, 0.5) is 0 Å². The number of carbonyl (C=O) groups excluding carboxylic acids is 1. The highest BCUT2D eigenvalue weighted by atomic mass is 16.4. The van der Waals surface area contributed by atoms with Gasteiger partial charge in [0.15, 0.2) is 0 Å². The maximum atomic E-state index is 10.6. The van der Waals surface area contributed by atoms with E-state index in [1.165, 1.54) is 0 Å². The highest BCUT2D eigenvalue weighted by Gasteiger charge is 1.94. The van der Waals surface area contributed by atoms with Gasteiger partial charge < -0.3 is 5.11 Å². The normalized spacial score (nSPS) is 8.15. The predicted molar refractivity (Wildman–Crippen MR) is 52.7 cm³/mol. The third kappa shape index (κ3) is 18.1. The zero-order valence-corrected chi connectivity index (χ0v) is 8.38. The van der Waals surface area contributed by atoms with Gasteiger partial charge in [0.1, 0.15) is 5.78 Å². The Balaban J connectivity index is 0. The van der Waals surface area contributed by atoms with Crippen LogP contribution < -0.4 is 0 Å². The quantitative estimate of drug-likeness (QED) is 0.671. The first-order chi connectivity index (χ1) is 6.08. The molecule has 1 N–H and O–H groups in total. The van der Waals surface area contributed by atoms with Crippen LogP contribution in [0, 0.1) is 0 Å². The second kappa shape index (κ2) is 10.9. The summed E-state index contributed by atoms with van der Waals surface area (Å²) < 4.78 is 0. The minimum absolute atomic E-state index is 0.412. The highest BCUT2D eigenvalue weighted by molar-refractivity contribution is 5.78. The minimum Gasteiger partial charge on any atom is -0.478 e. The molecule has 76 valence electrons. The van der Waals surface area contributed by atoms with E-state index in [9.17, 15) is 9.59 Å². The molecule has 0 atom stereocenters. The molecule has 0 aromatic heterocycles. The van der Waals surface area contributed by atoms with Gasteiger partial charge in [0.05, 0.1) is 0 Å². The Hall–Kier alpha value is -1.12. The number of carbonyl (C=O) groups is 2. The molecular weight excluding hydrogens is 168 g/mol. The molecular formula is C10H18O3. The number of carboxylic acids is 1. The average molecular weight is 186 g/mol. The van der Waals surface area contributed by atoms with Gasteiger partial charge in [-0.05, 0) is 12.8 Å². The van der Waals surface area contributed by atoms with Crippen molar-refractivity contribution in [1.82, 2.24) is 0 Å². The van der Waals surface area contributed by atoms with Crippen LogP contribution in [0.25, 0.3) is 0 Å². The SMILES string of the molecule is C=CC(=O)O.CCCC(=O)CCC. The summed E-state index contributed by atoms with van der Waals surface area (Å²) in [6.45, 7) is 7.03. The summed E-state index contributed by atoms with van der Waals surface area (Å²) in [4.78, 5) is 19.9. The smallest absolute Gasteiger partial charge is 0.327 e. The molecule has 0 spiro atoms. The lowest BCUT2D eigenvalue weighted by Crippen LogP contribution is -1.93. The first-order valence-electron chi connectivity index (χ1n) is 4.45. The fourth-order valence-electron chi connectivity index (χ4n) is 0.683. The topological polar surface area (TPSA) is 54.4 Å². The summed E-state index contributed by atoms with van der Waals surface area (Å²) in [5.41, 5.74) is 0. The van der Waals surface area contributed by atoms with Crippen molar-refractivity contribution >= 4 is 11.8 Å². The Bertz CT molecular complexity index is 154. The lowest BCUT2D eigenvalue weighted by Gasteiger charge is -1.91. The number of rotatable bonds is 5. The van der Waals surface area contributed by atoms with Crippen LogP contribution >= 0.6 is 0 Å². The Labute approximate surface area is 79.5 Å². The van der Waals surface area contributed by atoms with Gasteiger partial charge in [-0.3, -0.25) is 4.79 Å². The molecule has 0 unspecified atom stereocenters. The Morgan fingerprint density at radius 2 is 1.54 bits per heavy atom.